The van der Waals surface area contributed by atoms with E-state index < -0.39 is 21.7 Å². The van der Waals surface area contributed by atoms with E-state index in [4.69, 9.17) is 0 Å². The van der Waals surface area contributed by atoms with Gasteiger partial charge in [-0.1, -0.05) is 6.92 Å². The number of likely N-dealkylation sites (N-methyl/N-ethyl adjacent to an activating group) is 1. The first-order chi connectivity index (χ1) is 9.36. The molecule has 0 bridgehead atoms. The van der Waals surface area contributed by atoms with E-state index in [0.717, 1.165) is 24.7 Å². The van der Waals surface area contributed by atoms with E-state index in [9.17, 15) is 17.6 Å². The molecule has 8 heteroatoms. The number of rotatable bonds is 7. The van der Waals surface area contributed by atoms with Gasteiger partial charge in [0.05, 0.1) is 10.6 Å². The second kappa shape index (κ2) is 7.32. The highest BCUT2D eigenvalue weighted by Crippen LogP contribution is 2.19. The zero-order valence-electron chi connectivity index (χ0n) is 11.4. The van der Waals surface area contributed by atoms with Gasteiger partial charge in [0, 0.05) is 20.0 Å². The summed E-state index contributed by atoms with van der Waals surface area (Å²) in [6, 6.07) is 3.24. The number of sulfonamides is 1. The van der Waals surface area contributed by atoms with E-state index >= 15 is 0 Å². The summed E-state index contributed by atoms with van der Waals surface area (Å²) >= 11 is 0. The van der Waals surface area contributed by atoms with Crippen molar-refractivity contribution in [3.63, 3.8) is 0 Å². The largest absolute Gasteiger partial charge is 0.324 e. The first-order valence-corrected chi connectivity index (χ1v) is 7.62. The Kier molecular flexibility index (Phi) is 6.05. The van der Waals surface area contributed by atoms with Crippen molar-refractivity contribution in [2.75, 3.05) is 25.0 Å². The van der Waals surface area contributed by atoms with Crippen LogP contribution in [0.1, 0.15) is 13.8 Å². The Morgan fingerprint density at radius 1 is 1.30 bits per heavy atom. The first-order valence-electron chi connectivity index (χ1n) is 6.14. The molecular weight excluding hydrogens is 285 g/mol. The van der Waals surface area contributed by atoms with Crippen molar-refractivity contribution in [2.24, 2.45) is 0 Å². The third-order valence-electron chi connectivity index (χ3n) is 2.40. The van der Waals surface area contributed by atoms with Gasteiger partial charge in [-0.25, -0.2) is 17.5 Å². The van der Waals surface area contributed by atoms with Crippen molar-refractivity contribution in [1.82, 2.24) is 10.0 Å². The highest BCUT2D eigenvalue weighted by molar-refractivity contribution is 7.89. The van der Waals surface area contributed by atoms with Crippen LogP contribution < -0.4 is 15.4 Å². The SMILES string of the molecule is CCNCCNS(=O)(=O)c1ccc(F)c(NC(C)=O)c1. The fraction of sp³-hybridized carbons (Fsp3) is 0.417. The minimum Gasteiger partial charge on any atom is -0.324 e. The summed E-state index contributed by atoms with van der Waals surface area (Å²) in [7, 11) is -3.72. The Balaban J connectivity index is 2.86. The molecule has 3 N–H and O–H groups in total. The van der Waals surface area contributed by atoms with E-state index in [1.54, 1.807) is 0 Å². The molecule has 112 valence electrons. The quantitative estimate of drug-likeness (QED) is 0.646. The molecule has 0 radical (unpaired) electrons. The number of halogens is 1. The molecule has 0 aliphatic rings. The summed E-state index contributed by atoms with van der Waals surface area (Å²) in [6.45, 7) is 4.59. The summed E-state index contributed by atoms with van der Waals surface area (Å²) in [5.41, 5.74) is -0.160. The Morgan fingerprint density at radius 3 is 2.60 bits per heavy atom. The molecule has 1 aromatic carbocycles. The molecular formula is C12H18FN3O3S. The molecule has 0 aliphatic carbocycles. The predicted molar refractivity (Wildman–Crippen MR) is 74.4 cm³/mol. The first kappa shape index (κ1) is 16.5. The van der Waals surface area contributed by atoms with E-state index in [0.29, 0.717) is 6.54 Å². The monoisotopic (exact) mass is 303 g/mol. The Morgan fingerprint density at radius 2 is 2.00 bits per heavy atom. The summed E-state index contributed by atoms with van der Waals surface area (Å²) < 4.78 is 39.8. The van der Waals surface area contributed by atoms with Crippen LogP contribution in [0, 0.1) is 5.82 Å². The maximum absolute atomic E-state index is 13.4. The molecule has 6 nitrogen and oxygen atoms in total. The lowest BCUT2D eigenvalue weighted by atomic mass is 10.3. The van der Waals surface area contributed by atoms with Gasteiger partial charge in [0.2, 0.25) is 15.9 Å². The predicted octanol–water partition coefficient (Wildman–Crippen LogP) is 0.672. The standard InChI is InChI=1S/C12H18FN3O3S/c1-3-14-6-7-15-20(18,19)10-4-5-11(13)12(8-10)16-9(2)17/h4-5,8,14-15H,3,6-7H2,1-2H3,(H,16,17). The van der Waals surface area contributed by atoms with Gasteiger partial charge in [0.15, 0.2) is 0 Å². The molecule has 0 aliphatic heterocycles. The van der Waals surface area contributed by atoms with Crippen LogP contribution in [-0.2, 0) is 14.8 Å². The fourth-order valence-electron chi connectivity index (χ4n) is 1.49. The highest BCUT2D eigenvalue weighted by Gasteiger charge is 2.16. The van der Waals surface area contributed by atoms with E-state index in [1.807, 2.05) is 6.92 Å². The van der Waals surface area contributed by atoms with E-state index in [-0.39, 0.29) is 17.1 Å². The van der Waals surface area contributed by atoms with Gasteiger partial charge in [-0.2, -0.15) is 0 Å². The van der Waals surface area contributed by atoms with Crippen LogP contribution in [0.3, 0.4) is 0 Å². The van der Waals surface area contributed by atoms with Gasteiger partial charge in [-0.15, -0.1) is 0 Å². The fourth-order valence-corrected chi connectivity index (χ4v) is 2.55. The van der Waals surface area contributed by atoms with Gasteiger partial charge in [0.25, 0.3) is 0 Å². The zero-order chi connectivity index (χ0) is 15.2. The molecule has 0 spiro atoms. The smallest absolute Gasteiger partial charge is 0.240 e. The molecule has 0 aromatic heterocycles. The molecule has 1 aromatic rings. The maximum Gasteiger partial charge on any atom is 0.240 e. The average molecular weight is 303 g/mol. The van der Waals surface area contributed by atoms with Crippen LogP contribution >= 0.6 is 0 Å². The van der Waals surface area contributed by atoms with Crippen LogP contribution in [0.15, 0.2) is 23.1 Å². The summed E-state index contributed by atoms with van der Waals surface area (Å²) in [4.78, 5) is 10.8. The van der Waals surface area contributed by atoms with Crippen molar-refractivity contribution in [3.05, 3.63) is 24.0 Å². The van der Waals surface area contributed by atoms with Crippen molar-refractivity contribution in [3.8, 4) is 0 Å². The summed E-state index contributed by atoms with van der Waals surface area (Å²) in [6.07, 6.45) is 0. The molecule has 0 unspecified atom stereocenters. The molecule has 0 fully saturated rings. The van der Waals surface area contributed by atoms with Crippen molar-refractivity contribution in [1.29, 1.82) is 0 Å². The molecule has 0 atom stereocenters. The third-order valence-corrected chi connectivity index (χ3v) is 3.86. The molecule has 0 saturated carbocycles. The van der Waals surface area contributed by atoms with Crippen LogP contribution in [0.5, 0.6) is 0 Å². The Bertz CT molecular complexity index is 575. The minimum absolute atomic E-state index is 0.0980. The summed E-state index contributed by atoms with van der Waals surface area (Å²) in [5.74, 6) is -1.16. The molecule has 1 rings (SSSR count). The highest BCUT2D eigenvalue weighted by atomic mass is 32.2. The zero-order valence-corrected chi connectivity index (χ0v) is 12.2. The van der Waals surface area contributed by atoms with Crippen LogP contribution in [0.2, 0.25) is 0 Å². The average Bonchev–Trinajstić information content (AvgIpc) is 2.36. The number of anilines is 1. The van der Waals surface area contributed by atoms with Gasteiger partial charge < -0.3 is 10.6 Å². The molecule has 20 heavy (non-hydrogen) atoms. The lowest BCUT2D eigenvalue weighted by molar-refractivity contribution is -0.114. The lowest BCUT2D eigenvalue weighted by Crippen LogP contribution is -2.31. The molecule has 0 saturated heterocycles. The van der Waals surface area contributed by atoms with Gasteiger partial charge >= 0.3 is 0 Å². The second-order valence-electron chi connectivity index (χ2n) is 4.07. The second-order valence-corrected chi connectivity index (χ2v) is 5.84. The van der Waals surface area contributed by atoms with E-state index in [1.165, 1.54) is 6.92 Å². The Hall–Kier alpha value is -1.51. The van der Waals surface area contributed by atoms with Crippen LogP contribution in [0.25, 0.3) is 0 Å². The van der Waals surface area contributed by atoms with Crippen molar-refractivity contribution in [2.45, 2.75) is 18.7 Å². The number of carbonyl (C=O) groups excluding carboxylic acids is 1. The minimum atomic E-state index is -3.72. The number of hydrogen-bond donors (Lipinski definition) is 3. The normalized spacial score (nSPS) is 11.3. The van der Waals surface area contributed by atoms with Crippen LogP contribution in [0.4, 0.5) is 10.1 Å². The topological polar surface area (TPSA) is 87.3 Å². The van der Waals surface area contributed by atoms with Crippen molar-refractivity contribution < 1.29 is 17.6 Å². The van der Waals surface area contributed by atoms with Gasteiger partial charge in [-0.05, 0) is 24.7 Å². The lowest BCUT2D eigenvalue weighted by Gasteiger charge is -2.09. The maximum atomic E-state index is 13.4. The van der Waals surface area contributed by atoms with E-state index in [2.05, 4.69) is 15.4 Å². The van der Waals surface area contributed by atoms with Crippen molar-refractivity contribution >= 4 is 21.6 Å². The number of benzene rings is 1. The number of amides is 1. The molecule has 0 heterocycles. The van der Waals surface area contributed by atoms with Crippen LogP contribution in [-0.4, -0.2) is 34.0 Å². The summed E-state index contributed by atoms with van der Waals surface area (Å²) in [5, 5.41) is 5.22. The third kappa shape index (κ3) is 4.87. The number of hydrogen-bond acceptors (Lipinski definition) is 4. The van der Waals surface area contributed by atoms with Gasteiger partial charge in [-0.3, -0.25) is 4.79 Å². The number of carbonyl (C=O) groups is 1. The molecule has 1 amide bonds. The Labute approximate surface area is 117 Å². The number of nitrogens with one attached hydrogen (secondary N) is 3. The van der Waals surface area contributed by atoms with Gasteiger partial charge in [0.1, 0.15) is 5.82 Å².